The summed E-state index contributed by atoms with van der Waals surface area (Å²) in [7, 11) is -1.38. The molecule has 4 nitrogen and oxygen atoms in total. The number of nitrogens with zero attached hydrogens (tertiary/aromatic N) is 1. The summed E-state index contributed by atoms with van der Waals surface area (Å²) in [5.74, 6) is 0.430. The van der Waals surface area contributed by atoms with E-state index in [-0.39, 0.29) is 5.25 Å². The van der Waals surface area contributed by atoms with E-state index in [1.807, 2.05) is 0 Å². The van der Waals surface area contributed by atoms with Gasteiger partial charge in [0.1, 0.15) is 0 Å². The molecule has 0 spiro atoms. The van der Waals surface area contributed by atoms with Crippen LogP contribution in [0.1, 0.15) is 26.7 Å². The van der Waals surface area contributed by atoms with E-state index in [0.717, 1.165) is 19.4 Å². The minimum Gasteiger partial charge on any atom is -0.315 e. The van der Waals surface area contributed by atoms with Gasteiger partial charge in [0.15, 0.2) is 0 Å². The van der Waals surface area contributed by atoms with Crippen molar-refractivity contribution < 1.29 is 8.42 Å². The van der Waals surface area contributed by atoms with Gasteiger partial charge in [-0.25, -0.2) is 12.7 Å². The van der Waals surface area contributed by atoms with Gasteiger partial charge >= 0.3 is 0 Å². The van der Waals surface area contributed by atoms with Crippen LogP contribution in [-0.4, -0.2) is 44.7 Å². The molecule has 1 rings (SSSR count). The van der Waals surface area contributed by atoms with Crippen LogP contribution in [-0.2, 0) is 10.0 Å². The number of hydrogen-bond acceptors (Lipinski definition) is 3. The van der Waals surface area contributed by atoms with Gasteiger partial charge in [0.25, 0.3) is 0 Å². The zero-order chi connectivity index (χ0) is 11.5. The van der Waals surface area contributed by atoms with E-state index in [1.54, 1.807) is 7.05 Å². The summed E-state index contributed by atoms with van der Waals surface area (Å²) in [4.78, 5) is 0. The van der Waals surface area contributed by atoms with Crippen molar-refractivity contribution in [3.63, 3.8) is 0 Å². The monoisotopic (exact) mass is 234 g/mol. The van der Waals surface area contributed by atoms with Crippen molar-refractivity contribution in [1.82, 2.24) is 9.62 Å². The molecule has 2 atom stereocenters. The highest BCUT2D eigenvalue weighted by Gasteiger charge is 2.32. The fourth-order valence-corrected chi connectivity index (χ4v) is 3.52. The smallest absolute Gasteiger partial charge is 0.218 e. The molecule has 0 aromatic heterocycles. The Hall–Kier alpha value is -0.130. The van der Waals surface area contributed by atoms with Gasteiger partial charge in [-0.05, 0) is 18.9 Å². The van der Waals surface area contributed by atoms with Gasteiger partial charge in [-0.15, -0.1) is 0 Å². The van der Waals surface area contributed by atoms with Gasteiger partial charge in [0.05, 0.1) is 5.25 Å². The molecule has 0 saturated carbocycles. The first kappa shape index (κ1) is 12.9. The molecule has 0 aromatic carbocycles. The van der Waals surface area contributed by atoms with E-state index in [9.17, 15) is 8.42 Å². The highest BCUT2D eigenvalue weighted by molar-refractivity contribution is 7.89. The molecule has 1 heterocycles. The van der Waals surface area contributed by atoms with E-state index in [0.29, 0.717) is 19.0 Å². The van der Waals surface area contributed by atoms with Crippen LogP contribution in [0.15, 0.2) is 0 Å². The molecule has 1 aliphatic rings. The summed E-state index contributed by atoms with van der Waals surface area (Å²) in [6, 6.07) is 0. The number of sulfonamides is 1. The Balaban J connectivity index is 2.60. The van der Waals surface area contributed by atoms with E-state index in [1.165, 1.54) is 4.31 Å². The number of hydrogen-bond donors (Lipinski definition) is 1. The first-order chi connectivity index (χ1) is 6.98. The van der Waals surface area contributed by atoms with E-state index in [2.05, 4.69) is 19.2 Å². The quantitative estimate of drug-likeness (QED) is 0.760. The minimum absolute atomic E-state index is 0.216. The Morgan fingerprint density at radius 2 is 2.20 bits per heavy atom. The summed E-state index contributed by atoms with van der Waals surface area (Å²) in [6.45, 7) is 6.23. The molecule has 2 unspecified atom stereocenters. The fraction of sp³-hybridized carbons (Fsp3) is 1.00. The predicted molar refractivity (Wildman–Crippen MR) is 62.3 cm³/mol. The molecular weight excluding hydrogens is 212 g/mol. The molecule has 1 aliphatic heterocycles. The number of nitrogens with one attached hydrogen (secondary N) is 1. The second-order valence-corrected chi connectivity index (χ2v) is 6.77. The molecule has 1 fully saturated rings. The van der Waals surface area contributed by atoms with Crippen molar-refractivity contribution in [1.29, 1.82) is 0 Å². The lowest BCUT2D eigenvalue weighted by Crippen LogP contribution is -2.39. The van der Waals surface area contributed by atoms with Crippen molar-refractivity contribution in [3.8, 4) is 0 Å². The van der Waals surface area contributed by atoms with Gasteiger partial charge in [-0.1, -0.05) is 20.3 Å². The zero-order valence-electron chi connectivity index (χ0n) is 9.86. The third kappa shape index (κ3) is 3.16. The first-order valence-corrected chi connectivity index (χ1v) is 7.14. The molecule has 0 aromatic rings. The average molecular weight is 234 g/mol. The summed E-state index contributed by atoms with van der Waals surface area (Å²) in [5, 5.41) is 2.88. The standard InChI is InChI=1S/C10H22N2O2S/c1-4-9(2)8-12(3)15(13,14)10-5-6-11-7-10/h9-11H,4-8H2,1-3H3. The van der Waals surface area contributed by atoms with Crippen LogP contribution in [0, 0.1) is 5.92 Å². The molecule has 90 valence electrons. The van der Waals surface area contributed by atoms with Crippen LogP contribution in [0.4, 0.5) is 0 Å². The Morgan fingerprint density at radius 3 is 2.67 bits per heavy atom. The summed E-state index contributed by atoms with van der Waals surface area (Å²) < 4.78 is 25.7. The SMILES string of the molecule is CCC(C)CN(C)S(=O)(=O)C1CCNC1. The molecule has 0 bridgehead atoms. The van der Waals surface area contributed by atoms with Crippen molar-refractivity contribution >= 4 is 10.0 Å². The van der Waals surface area contributed by atoms with Gasteiger partial charge in [0.2, 0.25) is 10.0 Å². The van der Waals surface area contributed by atoms with Crippen molar-refractivity contribution in [2.45, 2.75) is 31.9 Å². The Kier molecular flexibility index (Phi) is 4.55. The highest BCUT2D eigenvalue weighted by atomic mass is 32.2. The molecule has 1 saturated heterocycles. The first-order valence-electron chi connectivity index (χ1n) is 5.64. The molecule has 15 heavy (non-hydrogen) atoms. The predicted octanol–water partition coefficient (Wildman–Crippen LogP) is 0.656. The summed E-state index contributed by atoms with van der Waals surface area (Å²) in [5.41, 5.74) is 0. The van der Waals surface area contributed by atoms with Crippen LogP contribution in [0.3, 0.4) is 0 Å². The Morgan fingerprint density at radius 1 is 1.53 bits per heavy atom. The lowest BCUT2D eigenvalue weighted by atomic mass is 10.1. The maximum atomic E-state index is 12.1. The fourth-order valence-electron chi connectivity index (χ4n) is 1.81. The zero-order valence-corrected chi connectivity index (χ0v) is 10.7. The maximum Gasteiger partial charge on any atom is 0.218 e. The average Bonchev–Trinajstić information content (AvgIpc) is 2.70. The third-order valence-electron chi connectivity index (χ3n) is 3.14. The minimum atomic E-state index is -3.07. The molecule has 0 radical (unpaired) electrons. The van der Waals surface area contributed by atoms with Crippen LogP contribution in [0.25, 0.3) is 0 Å². The van der Waals surface area contributed by atoms with Crippen molar-refractivity contribution in [2.24, 2.45) is 5.92 Å². The lowest BCUT2D eigenvalue weighted by molar-refractivity contribution is 0.389. The Labute approximate surface area is 93.1 Å². The van der Waals surface area contributed by atoms with Crippen molar-refractivity contribution in [2.75, 3.05) is 26.7 Å². The van der Waals surface area contributed by atoms with Crippen LogP contribution < -0.4 is 5.32 Å². The van der Waals surface area contributed by atoms with Crippen molar-refractivity contribution in [3.05, 3.63) is 0 Å². The summed E-state index contributed by atoms with van der Waals surface area (Å²) in [6.07, 6.45) is 1.76. The van der Waals surface area contributed by atoms with Crippen LogP contribution in [0.2, 0.25) is 0 Å². The number of rotatable bonds is 5. The van der Waals surface area contributed by atoms with Gasteiger partial charge in [-0.3, -0.25) is 0 Å². The molecule has 1 N–H and O–H groups in total. The second kappa shape index (κ2) is 5.27. The van der Waals surface area contributed by atoms with Gasteiger partial charge in [-0.2, -0.15) is 0 Å². The van der Waals surface area contributed by atoms with E-state index >= 15 is 0 Å². The second-order valence-electron chi connectivity index (χ2n) is 4.45. The summed E-state index contributed by atoms with van der Waals surface area (Å²) >= 11 is 0. The lowest BCUT2D eigenvalue weighted by Gasteiger charge is -2.23. The maximum absolute atomic E-state index is 12.1. The van der Waals surface area contributed by atoms with Gasteiger partial charge in [0, 0.05) is 20.1 Å². The largest absolute Gasteiger partial charge is 0.315 e. The highest BCUT2D eigenvalue weighted by Crippen LogP contribution is 2.15. The third-order valence-corrected chi connectivity index (χ3v) is 5.40. The van der Waals surface area contributed by atoms with E-state index in [4.69, 9.17) is 0 Å². The Bertz CT molecular complexity index is 284. The topological polar surface area (TPSA) is 49.4 Å². The molecule has 0 amide bonds. The van der Waals surface area contributed by atoms with E-state index < -0.39 is 10.0 Å². The molecule has 5 heteroatoms. The van der Waals surface area contributed by atoms with Crippen LogP contribution >= 0.6 is 0 Å². The molecular formula is C10H22N2O2S. The van der Waals surface area contributed by atoms with Gasteiger partial charge < -0.3 is 5.32 Å². The normalized spacial score (nSPS) is 24.7. The van der Waals surface area contributed by atoms with Crippen LogP contribution in [0.5, 0.6) is 0 Å². The molecule has 0 aliphatic carbocycles.